The maximum atomic E-state index is 10.0. The summed E-state index contributed by atoms with van der Waals surface area (Å²) >= 11 is 0. The topological polar surface area (TPSA) is 130 Å². The number of carboxylic acids is 2. The first-order valence-corrected chi connectivity index (χ1v) is 5.41. The van der Waals surface area contributed by atoms with Gasteiger partial charge in [-0.2, -0.15) is 0 Å². The molecule has 0 unspecified atom stereocenters. The molecule has 0 saturated carbocycles. The molecular formula is C10H17NNa2O6. The molecule has 0 aliphatic carbocycles. The molecule has 0 radical (unpaired) electrons. The number of carbonyl (C=O) groups is 2. The van der Waals surface area contributed by atoms with Crippen LogP contribution in [0.3, 0.4) is 0 Å². The molecule has 0 rings (SSSR count). The number of hydrogen-bond acceptors (Lipinski definition) is 6. The second kappa shape index (κ2) is 23.4. The average Bonchev–Trinajstić information content (AvgIpc) is 2.22. The Morgan fingerprint density at radius 1 is 0.789 bits per heavy atom. The summed E-state index contributed by atoms with van der Waals surface area (Å²) in [6.45, 7) is 0. The van der Waals surface area contributed by atoms with Gasteiger partial charge in [-0.05, 0) is 25.7 Å². The minimum Gasteiger partial charge on any atom is -0.550 e. The third-order valence-corrected chi connectivity index (χ3v) is 2.01. The molecule has 0 aromatic rings. The Labute approximate surface area is 156 Å². The zero-order chi connectivity index (χ0) is 13.5. The summed E-state index contributed by atoms with van der Waals surface area (Å²) in [7, 11) is 0. The van der Waals surface area contributed by atoms with Gasteiger partial charge in [0.25, 0.3) is 0 Å². The molecule has 0 saturated heterocycles. The quantitative estimate of drug-likeness (QED) is 0.195. The zero-order valence-electron chi connectivity index (χ0n) is 11.6. The maximum Gasteiger partial charge on any atom is 1.00 e. The second-order valence-electron chi connectivity index (χ2n) is 3.45. The van der Waals surface area contributed by atoms with E-state index in [4.69, 9.17) is 10.1 Å². The smallest absolute Gasteiger partial charge is 0.550 e. The molecule has 0 aromatic carbocycles. The van der Waals surface area contributed by atoms with Crippen LogP contribution < -0.4 is 69.3 Å². The molecule has 0 fully saturated rings. The number of carbonyl (C=O) groups excluding carboxylic acids is 2. The van der Waals surface area contributed by atoms with Gasteiger partial charge in [0.15, 0.2) is 5.34 Å². The molecular weight excluding hydrogens is 276 g/mol. The van der Waals surface area contributed by atoms with E-state index in [2.05, 4.69) is 0 Å². The van der Waals surface area contributed by atoms with Crippen LogP contribution in [0.4, 0.5) is 0 Å². The number of unbranched alkanes of at least 4 members (excludes halogenated alkanes) is 5. The van der Waals surface area contributed by atoms with E-state index in [0.717, 1.165) is 25.7 Å². The Bertz CT molecular complexity index is 208. The molecule has 0 aliphatic rings. The monoisotopic (exact) mass is 293 g/mol. The van der Waals surface area contributed by atoms with Gasteiger partial charge in [0.1, 0.15) is 0 Å². The molecule has 0 spiro atoms. The summed E-state index contributed by atoms with van der Waals surface area (Å²) in [4.78, 5) is 28.2. The fourth-order valence-electron chi connectivity index (χ4n) is 1.25. The molecule has 1 N–H and O–H groups in total. The van der Waals surface area contributed by atoms with E-state index in [1.165, 1.54) is 5.34 Å². The van der Waals surface area contributed by atoms with Crippen molar-refractivity contribution in [1.29, 1.82) is 0 Å². The van der Waals surface area contributed by atoms with Crippen LogP contribution in [0.2, 0.25) is 0 Å². The first-order valence-electron chi connectivity index (χ1n) is 5.41. The number of rotatable bonds is 9. The van der Waals surface area contributed by atoms with Crippen molar-refractivity contribution in [2.24, 2.45) is 5.34 Å². The van der Waals surface area contributed by atoms with E-state index >= 15 is 0 Å². The minimum absolute atomic E-state index is 0. The third-order valence-electron chi connectivity index (χ3n) is 2.01. The second-order valence-corrected chi connectivity index (χ2v) is 3.45. The van der Waals surface area contributed by atoms with Crippen molar-refractivity contribution in [3.63, 3.8) is 0 Å². The molecule has 0 heterocycles. The largest absolute Gasteiger partial charge is 1.00 e. The van der Waals surface area contributed by atoms with Crippen LogP contribution in [-0.2, 0) is 9.59 Å². The molecule has 0 aliphatic heterocycles. The van der Waals surface area contributed by atoms with Crippen LogP contribution in [0.1, 0.15) is 51.4 Å². The number of hydrogen-bond donors (Lipinski definition) is 1. The van der Waals surface area contributed by atoms with E-state index in [9.17, 15) is 19.8 Å². The van der Waals surface area contributed by atoms with Crippen LogP contribution in [0.25, 0.3) is 0 Å². The van der Waals surface area contributed by atoms with Crippen LogP contribution in [0.15, 0.2) is 5.34 Å². The summed E-state index contributed by atoms with van der Waals surface area (Å²) in [5, 5.41) is 27.9. The first-order chi connectivity index (χ1) is 8.04. The number of nitrogens with zero attached hydrogens (tertiary/aromatic N) is 1. The van der Waals surface area contributed by atoms with Crippen LogP contribution in [0.5, 0.6) is 0 Å². The van der Waals surface area contributed by atoms with Crippen molar-refractivity contribution in [1.82, 2.24) is 0 Å². The average molecular weight is 293 g/mol. The Hall–Kier alpha value is 0.340. The molecule has 0 atom stereocenters. The predicted octanol–water partition coefficient (Wildman–Crippen LogP) is -6.24. The Kier molecular flexibility index (Phi) is 34.1. The van der Waals surface area contributed by atoms with Crippen molar-refractivity contribution < 1.29 is 84.1 Å². The van der Waals surface area contributed by atoms with Gasteiger partial charge in [0.2, 0.25) is 0 Å². The fourth-order valence-corrected chi connectivity index (χ4v) is 1.25. The van der Waals surface area contributed by atoms with Gasteiger partial charge in [-0.1, -0.05) is 25.7 Å². The van der Waals surface area contributed by atoms with Crippen molar-refractivity contribution in [2.45, 2.75) is 51.4 Å². The third kappa shape index (κ3) is 38.1. The molecule has 0 aromatic heterocycles. The Balaban J connectivity index is -0.000000204. The van der Waals surface area contributed by atoms with E-state index in [0.29, 0.717) is 12.8 Å². The number of aliphatic carboxylic acids is 2. The van der Waals surface area contributed by atoms with Crippen LogP contribution >= 0.6 is 0 Å². The summed E-state index contributed by atoms with van der Waals surface area (Å²) in [6.07, 6.45) is 5.23. The summed E-state index contributed by atoms with van der Waals surface area (Å²) < 4.78 is 0. The van der Waals surface area contributed by atoms with Crippen molar-refractivity contribution >= 4 is 11.9 Å². The van der Waals surface area contributed by atoms with Gasteiger partial charge in [-0.15, -0.1) is 4.91 Å². The van der Waals surface area contributed by atoms with Gasteiger partial charge in [-0.3, -0.25) is 0 Å². The summed E-state index contributed by atoms with van der Waals surface area (Å²) in [6, 6.07) is 0. The minimum atomic E-state index is -0.998. The van der Waals surface area contributed by atoms with E-state index in [1.807, 2.05) is 0 Å². The predicted molar refractivity (Wildman–Crippen MR) is 54.5 cm³/mol. The van der Waals surface area contributed by atoms with Crippen LogP contribution in [-0.4, -0.2) is 17.1 Å². The Morgan fingerprint density at radius 3 is 1.21 bits per heavy atom. The van der Waals surface area contributed by atoms with E-state index in [-0.39, 0.29) is 72.0 Å². The van der Waals surface area contributed by atoms with Gasteiger partial charge in [-0.25, -0.2) is 0 Å². The maximum absolute atomic E-state index is 10.0. The zero-order valence-corrected chi connectivity index (χ0v) is 15.6. The number of carboxylic acid groups (broad SMARTS) is 2. The summed E-state index contributed by atoms with van der Waals surface area (Å²) in [5.74, 6) is -2.00. The normalized spacial score (nSPS) is 8.00. The Morgan fingerprint density at radius 2 is 1.00 bits per heavy atom. The summed E-state index contributed by atoms with van der Waals surface area (Å²) in [5.41, 5.74) is 0. The van der Waals surface area contributed by atoms with Gasteiger partial charge in [0.05, 0.1) is 0 Å². The molecule has 0 amide bonds. The van der Waals surface area contributed by atoms with Crippen molar-refractivity contribution in [2.75, 3.05) is 0 Å². The van der Waals surface area contributed by atoms with E-state index in [1.54, 1.807) is 0 Å². The van der Waals surface area contributed by atoms with Crippen molar-refractivity contribution in [3.05, 3.63) is 4.91 Å². The van der Waals surface area contributed by atoms with Gasteiger partial charge >= 0.3 is 59.1 Å². The molecule has 9 heteroatoms. The van der Waals surface area contributed by atoms with E-state index < -0.39 is 11.9 Å². The van der Waals surface area contributed by atoms with Gasteiger partial charge < -0.3 is 25.0 Å². The standard InChI is InChI=1S/C10H18O4.HNO2.2Na/c11-9(12)7-5-3-1-2-4-6-8-10(13)14;2-1-3;;/h1-8H2,(H,11,12)(H,13,14);(H,2,3);;/q;;2*+1/p-2. The van der Waals surface area contributed by atoms with Gasteiger partial charge in [0, 0.05) is 11.9 Å². The SMILES string of the molecule is O=C([O-])CCCCCCCCC(=O)[O-].O=NO.[Na+].[Na+]. The molecule has 0 bridgehead atoms. The van der Waals surface area contributed by atoms with Crippen LogP contribution in [0, 0.1) is 4.91 Å². The molecule has 19 heavy (non-hydrogen) atoms. The fraction of sp³-hybridized carbons (Fsp3) is 0.800. The molecule has 7 nitrogen and oxygen atoms in total. The first kappa shape index (κ1) is 27.6. The van der Waals surface area contributed by atoms with Crippen molar-refractivity contribution in [3.8, 4) is 0 Å². The molecule has 100 valence electrons.